The average molecular weight is 499 g/mol. The second-order valence-electron chi connectivity index (χ2n) is 6.69. The third-order valence-electron chi connectivity index (χ3n) is 3.85. The van der Waals surface area contributed by atoms with E-state index in [2.05, 4.69) is 26.0 Å². The predicted molar refractivity (Wildman–Crippen MR) is 116 cm³/mol. The van der Waals surface area contributed by atoms with Crippen molar-refractivity contribution < 1.29 is 27.5 Å². The number of ether oxygens (including phenoxy) is 2. The molecule has 0 saturated carbocycles. The molecule has 0 aromatic heterocycles. The number of halogens is 1. The first-order valence-corrected chi connectivity index (χ1v) is 11.3. The summed E-state index contributed by atoms with van der Waals surface area (Å²) in [6.07, 6.45) is -1.12. The van der Waals surface area contributed by atoms with Crippen LogP contribution in [0.4, 0.5) is 5.69 Å². The first kappa shape index (κ1) is 23.8. The van der Waals surface area contributed by atoms with Crippen LogP contribution in [0.2, 0.25) is 0 Å². The van der Waals surface area contributed by atoms with Gasteiger partial charge in [0.25, 0.3) is 5.91 Å². The van der Waals surface area contributed by atoms with Gasteiger partial charge >= 0.3 is 5.97 Å². The molecule has 0 aliphatic rings. The Bertz CT molecular complexity index is 1040. The van der Waals surface area contributed by atoms with Crippen molar-refractivity contribution >= 4 is 43.5 Å². The van der Waals surface area contributed by atoms with Crippen molar-refractivity contribution in [1.82, 2.24) is 4.72 Å². The normalized spacial score (nSPS) is 12.3. The zero-order valence-corrected chi connectivity index (χ0v) is 19.3. The van der Waals surface area contributed by atoms with E-state index in [-0.39, 0.29) is 16.5 Å². The molecule has 162 valence electrons. The molecule has 1 unspecified atom stereocenters. The number of hydrogen-bond donors (Lipinski definition) is 2. The van der Waals surface area contributed by atoms with Crippen molar-refractivity contribution in [3.63, 3.8) is 0 Å². The monoisotopic (exact) mass is 498 g/mol. The number of hydrogen-bond acceptors (Lipinski definition) is 6. The molecule has 2 N–H and O–H groups in total. The van der Waals surface area contributed by atoms with Crippen molar-refractivity contribution in [2.45, 2.75) is 37.8 Å². The lowest BCUT2D eigenvalue weighted by atomic mass is 10.2. The van der Waals surface area contributed by atoms with Gasteiger partial charge in [-0.1, -0.05) is 6.07 Å². The number of anilines is 1. The molecule has 0 spiro atoms. The van der Waals surface area contributed by atoms with Crippen LogP contribution in [0.15, 0.2) is 51.8 Å². The van der Waals surface area contributed by atoms with Gasteiger partial charge < -0.3 is 14.8 Å². The van der Waals surface area contributed by atoms with Crippen molar-refractivity contribution in [2.24, 2.45) is 0 Å². The summed E-state index contributed by atoms with van der Waals surface area (Å²) in [6, 6.07) is 10.4. The highest BCUT2D eigenvalue weighted by Crippen LogP contribution is 2.23. The molecule has 0 saturated heterocycles. The summed E-state index contributed by atoms with van der Waals surface area (Å²) in [4.78, 5) is 24.8. The first-order chi connectivity index (χ1) is 14.0. The summed E-state index contributed by atoms with van der Waals surface area (Å²) in [5, 5.41) is 2.63. The van der Waals surface area contributed by atoms with E-state index in [9.17, 15) is 18.0 Å². The van der Waals surface area contributed by atoms with E-state index in [1.165, 1.54) is 32.2 Å². The fourth-order valence-corrected chi connectivity index (χ4v) is 4.11. The third kappa shape index (κ3) is 6.28. The zero-order valence-electron chi connectivity index (χ0n) is 16.9. The number of rotatable bonds is 8. The Morgan fingerprint density at radius 2 is 1.77 bits per heavy atom. The summed E-state index contributed by atoms with van der Waals surface area (Å²) in [5.41, 5.74) is 0.471. The van der Waals surface area contributed by atoms with Crippen molar-refractivity contribution in [3.8, 4) is 5.75 Å². The van der Waals surface area contributed by atoms with Crippen LogP contribution in [0.25, 0.3) is 0 Å². The minimum Gasteiger partial charge on any atom is -0.497 e. The summed E-state index contributed by atoms with van der Waals surface area (Å²) in [7, 11) is -2.29. The van der Waals surface area contributed by atoms with E-state index in [1.807, 2.05) is 0 Å². The molecule has 0 bridgehead atoms. The highest BCUT2D eigenvalue weighted by atomic mass is 79.9. The number of carbonyl (C=O) groups excluding carboxylic acids is 2. The SMILES string of the molecule is COc1cccc(NC(=O)C(C)OC(=O)c2cc(S(=O)(=O)NC(C)C)ccc2Br)c1. The molecule has 2 aromatic carbocycles. The number of sulfonamides is 1. The molecule has 8 nitrogen and oxygen atoms in total. The summed E-state index contributed by atoms with van der Waals surface area (Å²) >= 11 is 3.21. The summed E-state index contributed by atoms with van der Waals surface area (Å²) in [6.45, 7) is 4.80. The Morgan fingerprint density at radius 1 is 1.07 bits per heavy atom. The van der Waals surface area contributed by atoms with Crippen molar-refractivity contribution in [1.29, 1.82) is 0 Å². The fourth-order valence-electron chi connectivity index (χ4n) is 2.43. The van der Waals surface area contributed by atoms with Crippen molar-refractivity contribution in [2.75, 3.05) is 12.4 Å². The van der Waals surface area contributed by atoms with Crippen LogP contribution < -0.4 is 14.8 Å². The number of benzene rings is 2. The third-order valence-corrected chi connectivity index (χ3v) is 6.20. The topological polar surface area (TPSA) is 111 Å². The Kier molecular flexibility index (Phi) is 7.99. The molecule has 0 radical (unpaired) electrons. The van der Waals surface area contributed by atoms with Crippen LogP contribution in [0.3, 0.4) is 0 Å². The number of nitrogens with one attached hydrogen (secondary N) is 2. The predicted octanol–water partition coefficient (Wildman–Crippen LogP) is 3.33. The Hall–Kier alpha value is -2.43. The molecule has 2 rings (SSSR count). The molecule has 0 aliphatic carbocycles. The maximum absolute atomic E-state index is 12.6. The van der Waals surface area contributed by atoms with E-state index in [0.29, 0.717) is 15.9 Å². The second kappa shape index (κ2) is 10.1. The standard InChI is InChI=1S/C20H23BrN2O6S/c1-12(2)23-30(26,27)16-8-9-18(21)17(11-16)20(25)29-13(3)19(24)22-14-6-5-7-15(10-14)28-4/h5-13,23H,1-4H3,(H,22,24). The van der Waals surface area contributed by atoms with Gasteiger partial charge in [0.05, 0.1) is 17.6 Å². The molecular formula is C20H23BrN2O6S. The Morgan fingerprint density at radius 3 is 2.40 bits per heavy atom. The van der Waals surface area contributed by atoms with E-state index < -0.39 is 28.0 Å². The largest absolute Gasteiger partial charge is 0.497 e. The maximum atomic E-state index is 12.6. The van der Waals surface area contributed by atoms with Gasteiger partial charge in [0.2, 0.25) is 10.0 Å². The Balaban J connectivity index is 2.14. The van der Waals surface area contributed by atoms with Crippen LogP contribution in [0, 0.1) is 0 Å². The molecule has 2 aromatic rings. The van der Waals surface area contributed by atoms with Gasteiger partial charge in [-0.15, -0.1) is 0 Å². The van der Waals surface area contributed by atoms with Gasteiger partial charge in [0.15, 0.2) is 6.10 Å². The van der Waals surface area contributed by atoms with E-state index in [4.69, 9.17) is 9.47 Å². The van der Waals surface area contributed by atoms with Crippen LogP contribution in [-0.2, 0) is 19.6 Å². The quantitative estimate of drug-likeness (QED) is 0.540. The summed E-state index contributed by atoms with van der Waals surface area (Å²) < 4.78 is 37.8. The first-order valence-electron chi connectivity index (χ1n) is 9.01. The van der Waals surface area contributed by atoms with Gasteiger partial charge in [0, 0.05) is 22.3 Å². The molecule has 1 amide bonds. The van der Waals surface area contributed by atoms with Crippen LogP contribution >= 0.6 is 15.9 Å². The maximum Gasteiger partial charge on any atom is 0.340 e. The van der Waals surface area contributed by atoms with E-state index in [0.717, 1.165) is 0 Å². The molecule has 0 fully saturated rings. The highest BCUT2D eigenvalue weighted by Gasteiger charge is 2.23. The van der Waals surface area contributed by atoms with Crippen molar-refractivity contribution in [3.05, 3.63) is 52.5 Å². The highest BCUT2D eigenvalue weighted by molar-refractivity contribution is 9.10. The average Bonchev–Trinajstić information content (AvgIpc) is 2.67. The van der Waals surface area contributed by atoms with Gasteiger partial charge in [0.1, 0.15) is 5.75 Å². The van der Waals surface area contributed by atoms with Gasteiger partial charge in [-0.3, -0.25) is 4.79 Å². The zero-order chi connectivity index (χ0) is 22.5. The summed E-state index contributed by atoms with van der Waals surface area (Å²) in [5.74, 6) is -0.816. The van der Waals surface area contributed by atoms with Crippen LogP contribution in [-0.4, -0.2) is 39.5 Å². The van der Waals surface area contributed by atoms with Gasteiger partial charge in [-0.2, -0.15) is 0 Å². The Labute approximate surface area is 184 Å². The molecule has 10 heteroatoms. The van der Waals surface area contributed by atoms with Gasteiger partial charge in [-0.05, 0) is 67.0 Å². The van der Waals surface area contributed by atoms with E-state index in [1.54, 1.807) is 38.1 Å². The minimum atomic E-state index is -3.79. The lowest BCUT2D eigenvalue weighted by Gasteiger charge is -2.15. The van der Waals surface area contributed by atoms with E-state index >= 15 is 0 Å². The van der Waals surface area contributed by atoms with Crippen LogP contribution in [0.5, 0.6) is 5.75 Å². The number of esters is 1. The molecule has 30 heavy (non-hydrogen) atoms. The second-order valence-corrected chi connectivity index (χ2v) is 9.25. The lowest BCUT2D eigenvalue weighted by Crippen LogP contribution is -2.31. The smallest absolute Gasteiger partial charge is 0.340 e. The molecule has 0 heterocycles. The fraction of sp³-hybridized carbons (Fsp3) is 0.300. The molecule has 0 aliphatic heterocycles. The lowest BCUT2D eigenvalue weighted by molar-refractivity contribution is -0.123. The minimum absolute atomic E-state index is 0.0114. The number of methoxy groups -OCH3 is 1. The molecular weight excluding hydrogens is 476 g/mol. The molecule has 1 atom stereocenters. The van der Waals surface area contributed by atoms with Crippen LogP contribution in [0.1, 0.15) is 31.1 Å². The number of amides is 1. The van der Waals surface area contributed by atoms with Gasteiger partial charge in [-0.25, -0.2) is 17.9 Å². The number of carbonyl (C=O) groups is 2.